The molecule has 0 fully saturated rings. The van der Waals surface area contributed by atoms with Crippen LogP contribution in [0.1, 0.15) is 11.3 Å². The zero-order valence-corrected chi connectivity index (χ0v) is 7.66. The van der Waals surface area contributed by atoms with E-state index < -0.39 is 0 Å². The van der Waals surface area contributed by atoms with Gasteiger partial charge in [-0.1, -0.05) is 0 Å². The maximum absolute atomic E-state index is 8.72. The zero-order chi connectivity index (χ0) is 9.68. The Morgan fingerprint density at radius 2 is 2.38 bits per heavy atom. The lowest BCUT2D eigenvalue weighted by Gasteiger charge is -2.05. The average Bonchev–Trinajstić information content (AvgIpc) is 2.15. The van der Waals surface area contributed by atoms with Gasteiger partial charge in [-0.2, -0.15) is 5.26 Å². The summed E-state index contributed by atoms with van der Waals surface area (Å²) in [5.41, 5.74) is 1.30. The molecule has 1 rings (SSSR count). The molecule has 4 heteroatoms. The van der Waals surface area contributed by atoms with Gasteiger partial charge in [0.2, 0.25) is 5.88 Å². The first-order chi connectivity index (χ1) is 6.27. The van der Waals surface area contributed by atoms with E-state index in [-0.39, 0.29) is 0 Å². The SMILES string of the molecule is CNCOc1nc(C)ccc1C#N. The highest BCUT2D eigenvalue weighted by atomic mass is 16.5. The van der Waals surface area contributed by atoms with Crippen LogP contribution in [0.25, 0.3) is 0 Å². The smallest absolute Gasteiger partial charge is 0.233 e. The van der Waals surface area contributed by atoms with Crippen LogP contribution in [0.2, 0.25) is 0 Å². The molecule has 0 atom stereocenters. The molecule has 1 heterocycles. The quantitative estimate of drug-likeness (QED) is 0.694. The van der Waals surface area contributed by atoms with Crippen LogP contribution < -0.4 is 10.1 Å². The number of aryl methyl sites for hydroxylation is 1. The Balaban J connectivity index is 2.89. The van der Waals surface area contributed by atoms with Gasteiger partial charge in [0, 0.05) is 5.69 Å². The van der Waals surface area contributed by atoms with Gasteiger partial charge in [0.05, 0.1) is 0 Å². The molecule has 1 aromatic rings. The number of nitrogens with zero attached hydrogens (tertiary/aromatic N) is 2. The molecule has 0 radical (unpaired) electrons. The number of hydrogen-bond donors (Lipinski definition) is 1. The number of nitriles is 1. The van der Waals surface area contributed by atoms with Crippen molar-refractivity contribution < 1.29 is 4.74 Å². The van der Waals surface area contributed by atoms with Crippen molar-refractivity contribution in [2.75, 3.05) is 13.8 Å². The molecule has 0 aliphatic carbocycles. The second kappa shape index (κ2) is 4.43. The first-order valence-electron chi connectivity index (χ1n) is 3.93. The van der Waals surface area contributed by atoms with E-state index in [1.54, 1.807) is 19.2 Å². The summed E-state index contributed by atoms with van der Waals surface area (Å²) in [5.74, 6) is 0.386. The van der Waals surface area contributed by atoms with Gasteiger partial charge in [0.25, 0.3) is 0 Å². The Hall–Kier alpha value is -1.60. The van der Waals surface area contributed by atoms with Crippen LogP contribution in [0.4, 0.5) is 0 Å². The van der Waals surface area contributed by atoms with Gasteiger partial charge >= 0.3 is 0 Å². The van der Waals surface area contributed by atoms with Gasteiger partial charge in [0.15, 0.2) is 0 Å². The summed E-state index contributed by atoms with van der Waals surface area (Å²) in [6.45, 7) is 2.21. The molecule has 0 spiro atoms. The Labute approximate surface area is 77.2 Å². The van der Waals surface area contributed by atoms with E-state index in [4.69, 9.17) is 10.00 Å². The molecule has 0 saturated carbocycles. The largest absolute Gasteiger partial charge is 0.461 e. The fourth-order valence-corrected chi connectivity index (χ4v) is 0.869. The lowest BCUT2D eigenvalue weighted by atomic mass is 10.2. The Morgan fingerprint density at radius 3 is 3.00 bits per heavy atom. The molecule has 0 aliphatic heterocycles. The Bertz CT molecular complexity index is 330. The highest BCUT2D eigenvalue weighted by molar-refractivity contribution is 5.38. The summed E-state index contributed by atoms with van der Waals surface area (Å²) >= 11 is 0. The van der Waals surface area contributed by atoms with E-state index >= 15 is 0 Å². The maximum Gasteiger partial charge on any atom is 0.233 e. The second-order valence-corrected chi connectivity index (χ2v) is 2.56. The topological polar surface area (TPSA) is 57.9 Å². The van der Waals surface area contributed by atoms with E-state index in [2.05, 4.69) is 10.3 Å². The lowest BCUT2D eigenvalue weighted by molar-refractivity contribution is 0.283. The molecule has 0 bridgehead atoms. The van der Waals surface area contributed by atoms with E-state index in [0.29, 0.717) is 18.2 Å². The van der Waals surface area contributed by atoms with Crippen molar-refractivity contribution >= 4 is 0 Å². The first-order valence-corrected chi connectivity index (χ1v) is 3.93. The van der Waals surface area contributed by atoms with Gasteiger partial charge in [0.1, 0.15) is 18.4 Å². The third-order valence-electron chi connectivity index (χ3n) is 1.47. The predicted molar refractivity (Wildman–Crippen MR) is 48.2 cm³/mol. The number of rotatable bonds is 3. The number of nitrogens with one attached hydrogen (secondary N) is 1. The first kappa shape index (κ1) is 9.49. The van der Waals surface area contributed by atoms with Crippen molar-refractivity contribution in [2.24, 2.45) is 0 Å². The molecule has 0 saturated heterocycles. The molecule has 13 heavy (non-hydrogen) atoms. The molecular weight excluding hydrogens is 166 g/mol. The second-order valence-electron chi connectivity index (χ2n) is 2.56. The Kier molecular flexibility index (Phi) is 3.23. The van der Waals surface area contributed by atoms with Crippen molar-refractivity contribution in [1.29, 1.82) is 5.26 Å². The number of pyridine rings is 1. The molecule has 0 amide bonds. The normalized spacial score (nSPS) is 9.31. The fraction of sp³-hybridized carbons (Fsp3) is 0.333. The van der Waals surface area contributed by atoms with Crippen LogP contribution in [0.3, 0.4) is 0 Å². The van der Waals surface area contributed by atoms with E-state index in [1.165, 1.54) is 0 Å². The van der Waals surface area contributed by atoms with Crippen molar-refractivity contribution in [3.05, 3.63) is 23.4 Å². The van der Waals surface area contributed by atoms with Gasteiger partial charge in [-0.05, 0) is 26.1 Å². The number of ether oxygens (including phenoxy) is 1. The van der Waals surface area contributed by atoms with Crippen molar-refractivity contribution in [3.63, 3.8) is 0 Å². The van der Waals surface area contributed by atoms with Crippen molar-refractivity contribution in [3.8, 4) is 11.9 Å². The highest BCUT2D eigenvalue weighted by Gasteiger charge is 2.03. The van der Waals surface area contributed by atoms with Crippen LogP contribution >= 0.6 is 0 Å². The van der Waals surface area contributed by atoms with Crippen LogP contribution in [-0.4, -0.2) is 18.8 Å². The minimum absolute atomic E-state index is 0.352. The number of hydrogen-bond acceptors (Lipinski definition) is 4. The third kappa shape index (κ3) is 2.42. The standard InChI is InChI=1S/C9H11N3O/c1-7-3-4-8(5-10)9(12-7)13-6-11-2/h3-4,11H,6H2,1-2H3. The average molecular weight is 177 g/mol. The minimum Gasteiger partial charge on any atom is -0.461 e. The summed E-state index contributed by atoms with van der Waals surface area (Å²) in [7, 11) is 1.77. The zero-order valence-electron chi connectivity index (χ0n) is 7.66. The minimum atomic E-state index is 0.352. The van der Waals surface area contributed by atoms with Crippen LogP contribution in [0.15, 0.2) is 12.1 Å². The molecule has 0 aliphatic rings. The summed E-state index contributed by atoms with van der Waals surface area (Å²) in [4.78, 5) is 4.10. The van der Waals surface area contributed by atoms with Crippen LogP contribution in [0, 0.1) is 18.3 Å². The van der Waals surface area contributed by atoms with E-state index in [1.807, 2.05) is 13.0 Å². The summed E-state index contributed by atoms with van der Waals surface area (Å²) < 4.78 is 5.21. The molecule has 4 nitrogen and oxygen atoms in total. The summed E-state index contributed by atoms with van der Waals surface area (Å²) in [6.07, 6.45) is 0. The lowest BCUT2D eigenvalue weighted by Crippen LogP contribution is -2.15. The number of aromatic nitrogens is 1. The van der Waals surface area contributed by atoms with Gasteiger partial charge in [-0.15, -0.1) is 0 Å². The predicted octanol–water partition coefficient (Wildman–Crippen LogP) is 0.817. The molecule has 1 aromatic heterocycles. The van der Waals surface area contributed by atoms with Crippen molar-refractivity contribution in [2.45, 2.75) is 6.92 Å². The third-order valence-corrected chi connectivity index (χ3v) is 1.47. The molecule has 1 N–H and O–H groups in total. The van der Waals surface area contributed by atoms with Crippen LogP contribution in [0.5, 0.6) is 5.88 Å². The van der Waals surface area contributed by atoms with Gasteiger partial charge in [-0.3, -0.25) is 5.32 Å². The summed E-state index contributed by atoms with van der Waals surface area (Å²) in [5, 5.41) is 11.5. The monoisotopic (exact) mass is 177 g/mol. The fourth-order valence-electron chi connectivity index (χ4n) is 0.869. The highest BCUT2D eigenvalue weighted by Crippen LogP contribution is 2.13. The van der Waals surface area contributed by atoms with Crippen LogP contribution in [-0.2, 0) is 0 Å². The van der Waals surface area contributed by atoms with Crippen molar-refractivity contribution in [1.82, 2.24) is 10.3 Å². The molecule has 68 valence electrons. The van der Waals surface area contributed by atoms with E-state index in [9.17, 15) is 0 Å². The molecule has 0 aromatic carbocycles. The Morgan fingerprint density at radius 1 is 1.62 bits per heavy atom. The van der Waals surface area contributed by atoms with E-state index in [0.717, 1.165) is 5.69 Å². The summed E-state index contributed by atoms with van der Waals surface area (Å²) in [6, 6.07) is 5.50. The molecular formula is C9H11N3O. The molecule has 0 unspecified atom stereocenters. The van der Waals surface area contributed by atoms with Gasteiger partial charge < -0.3 is 4.74 Å². The maximum atomic E-state index is 8.72. The van der Waals surface area contributed by atoms with Gasteiger partial charge in [-0.25, -0.2) is 4.98 Å².